The molecule has 0 N–H and O–H groups in total. The molecule has 230 valence electrons. The SMILES string of the molecule is CC1(C)c2ccccc2-c2cc(N(c3ccc4c(c3)C(C)(C)c3ccccc3-4)c3ccc4cc5oc6ccccc6c5cc4c3)ccc21. The number of benzene rings is 7. The molecule has 0 saturated carbocycles. The molecule has 0 atom stereocenters. The van der Waals surface area contributed by atoms with Gasteiger partial charge in [0.05, 0.1) is 0 Å². The van der Waals surface area contributed by atoms with Gasteiger partial charge in [-0.05, 0) is 110 Å². The summed E-state index contributed by atoms with van der Waals surface area (Å²) in [5, 5.41) is 4.66. The van der Waals surface area contributed by atoms with Crippen molar-refractivity contribution in [1.82, 2.24) is 0 Å². The number of anilines is 3. The molecule has 2 aliphatic rings. The molecule has 0 saturated heterocycles. The highest BCUT2D eigenvalue weighted by Gasteiger charge is 2.37. The predicted octanol–water partition coefficient (Wildman–Crippen LogP) is 12.8. The minimum absolute atomic E-state index is 0.0413. The lowest BCUT2D eigenvalue weighted by Crippen LogP contribution is -2.17. The van der Waals surface area contributed by atoms with Gasteiger partial charge in [-0.15, -0.1) is 0 Å². The zero-order chi connectivity index (χ0) is 32.4. The highest BCUT2D eigenvalue weighted by atomic mass is 16.3. The van der Waals surface area contributed by atoms with E-state index in [0.29, 0.717) is 0 Å². The second kappa shape index (κ2) is 9.49. The van der Waals surface area contributed by atoms with E-state index in [1.165, 1.54) is 55.3 Å². The molecule has 7 aromatic carbocycles. The molecule has 0 radical (unpaired) electrons. The Morgan fingerprint density at radius 2 is 0.979 bits per heavy atom. The highest BCUT2D eigenvalue weighted by Crippen LogP contribution is 2.53. The van der Waals surface area contributed by atoms with Crippen LogP contribution in [0.2, 0.25) is 0 Å². The van der Waals surface area contributed by atoms with Gasteiger partial charge in [-0.25, -0.2) is 0 Å². The first-order valence-electron chi connectivity index (χ1n) is 16.9. The molecule has 0 amide bonds. The van der Waals surface area contributed by atoms with Crippen LogP contribution in [0.4, 0.5) is 17.1 Å². The van der Waals surface area contributed by atoms with Crippen molar-refractivity contribution in [3.63, 3.8) is 0 Å². The van der Waals surface area contributed by atoms with E-state index in [1.54, 1.807) is 0 Å². The maximum Gasteiger partial charge on any atom is 0.136 e. The summed E-state index contributed by atoms with van der Waals surface area (Å²) in [6, 6.07) is 51.6. The van der Waals surface area contributed by atoms with E-state index < -0.39 is 0 Å². The Hall–Kier alpha value is -5.60. The second-order valence-electron chi connectivity index (χ2n) is 14.6. The lowest BCUT2D eigenvalue weighted by atomic mass is 9.82. The van der Waals surface area contributed by atoms with Gasteiger partial charge in [0.25, 0.3) is 0 Å². The Labute approximate surface area is 280 Å². The third-order valence-corrected chi connectivity index (χ3v) is 11.2. The van der Waals surface area contributed by atoms with Crippen LogP contribution in [-0.4, -0.2) is 0 Å². The fraction of sp³-hybridized carbons (Fsp3) is 0.130. The average molecular weight is 618 g/mol. The lowest BCUT2D eigenvalue weighted by molar-refractivity contribution is 0.660. The summed E-state index contributed by atoms with van der Waals surface area (Å²) < 4.78 is 6.24. The van der Waals surface area contributed by atoms with Crippen molar-refractivity contribution in [3.8, 4) is 22.3 Å². The van der Waals surface area contributed by atoms with Gasteiger partial charge in [0, 0.05) is 38.7 Å². The van der Waals surface area contributed by atoms with Crippen LogP contribution in [0.15, 0.2) is 144 Å². The van der Waals surface area contributed by atoms with Gasteiger partial charge < -0.3 is 9.32 Å². The standard InChI is InChI=1S/C46H35NO/c1-45(2)40-15-9-6-12-34(40)37-26-31(20-22-41(37)45)47(32-19-21-35-33-11-5-8-14-39(33)46(3,4)42(35)27-32)30-18-17-28-25-44-38(24-29(28)23-30)36-13-7-10-16-43(36)48-44/h5-27H,1-4H3. The maximum atomic E-state index is 6.24. The summed E-state index contributed by atoms with van der Waals surface area (Å²) >= 11 is 0. The third-order valence-electron chi connectivity index (χ3n) is 11.2. The summed E-state index contributed by atoms with van der Waals surface area (Å²) in [5.74, 6) is 0. The summed E-state index contributed by atoms with van der Waals surface area (Å²) in [6.07, 6.45) is 0. The largest absolute Gasteiger partial charge is 0.456 e. The highest BCUT2D eigenvalue weighted by molar-refractivity contribution is 6.10. The van der Waals surface area contributed by atoms with Crippen molar-refractivity contribution in [1.29, 1.82) is 0 Å². The van der Waals surface area contributed by atoms with E-state index in [0.717, 1.165) is 39.0 Å². The summed E-state index contributed by atoms with van der Waals surface area (Å²) in [6.45, 7) is 9.41. The van der Waals surface area contributed by atoms with Crippen molar-refractivity contribution in [2.75, 3.05) is 4.90 Å². The Morgan fingerprint density at radius 3 is 1.79 bits per heavy atom. The van der Waals surface area contributed by atoms with Crippen LogP contribution in [0, 0.1) is 0 Å². The quantitative estimate of drug-likeness (QED) is 0.196. The molecule has 1 aromatic heterocycles. The van der Waals surface area contributed by atoms with E-state index in [1.807, 2.05) is 12.1 Å². The van der Waals surface area contributed by atoms with Gasteiger partial charge in [0.15, 0.2) is 0 Å². The van der Waals surface area contributed by atoms with Crippen molar-refractivity contribution in [3.05, 3.63) is 162 Å². The van der Waals surface area contributed by atoms with Gasteiger partial charge in [-0.3, -0.25) is 0 Å². The van der Waals surface area contributed by atoms with Gasteiger partial charge in [0.2, 0.25) is 0 Å². The van der Waals surface area contributed by atoms with E-state index in [4.69, 9.17) is 4.42 Å². The van der Waals surface area contributed by atoms with Gasteiger partial charge >= 0.3 is 0 Å². The number of fused-ring (bicyclic) bond motifs is 10. The number of hydrogen-bond acceptors (Lipinski definition) is 2. The molecule has 10 rings (SSSR count). The topological polar surface area (TPSA) is 16.4 Å². The number of nitrogens with zero attached hydrogens (tertiary/aromatic N) is 1. The zero-order valence-electron chi connectivity index (χ0n) is 27.6. The molecule has 1 heterocycles. The Kier molecular flexibility index (Phi) is 5.44. The van der Waals surface area contributed by atoms with Crippen LogP contribution in [-0.2, 0) is 10.8 Å². The number of hydrogen-bond donors (Lipinski definition) is 0. The smallest absolute Gasteiger partial charge is 0.136 e. The minimum Gasteiger partial charge on any atom is -0.456 e. The molecular weight excluding hydrogens is 583 g/mol. The fourth-order valence-corrected chi connectivity index (χ4v) is 8.72. The Balaban J connectivity index is 1.20. The molecule has 48 heavy (non-hydrogen) atoms. The van der Waals surface area contributed by atoms with Crippen LogP contribution >= 0.6 is 0 Å². The molecule has 8 aromatic rings. The molecule has 0 unspecified atom stereocenters. The monoisotopic (exact) mass is 617 g/mol. The van der Waals surface area contributed by atoms with E-state index in [-0.39, 0.29) is 10.8 Å². The Morgan fingerprint density at radius 1 is 0.396 bits per heavy atom. The lowest BCUT2D eigenvalue weighted by Gasteiger charge is -2.29. The first-order valence-corrected chi connectivity index (χ1v) is 16.9. The van der Waals surface area contributed by atoms with Crippen LogP contribution < -0.4 is 4.90 Å². The summed E-state index contributed by atoms with van der Waals surface area (Å²) in [4.78, 5) is 2.45. The zero-order valence-corrected chi connectivity index (χ0v) is 27.6. The number of rotatable bonds is 3. The van der Waals surface area contributed by atoms with Crippen molar-refractivity contribution < 1.29 is 4.42 Å². The molecule has 2 nitrogen and oxygen atoms in total. The number of furan rings is 1. The molecular formula is C46H35NO. The Bertz CT molecular complexity index is 2630. The fourth-order valence-electron chi connectivity index (χ4n) is 8.72. The summed E-state index contributed by atoms with van der Waals surface area (Å²) in [7, 11) is 0. The molecule has 2 heteroatoms. The molecule has 2 aliphatic carbocycles. The normalized spacial score (nSPS) is 15.0. The van der Waals surface area contributed by atoms with Crippen molar-refractivity contribution in [2.45, 2.75) is 38.5 Å². The molecule has 0 fully saturated rings. The molecule has 0 spiro atoms. The van der Waals surface area contributed by atoms with Gasteiger partial charge in [-0.1, -0.05) is 113 Å². The maximum absolute atomic E-state index is 6.24. The van der Waals surface area contributed by atoms with Crippen LogP contribution in [0.5, 0.6) is 0 Å². The van der Waals surface area contributed by atoms with E-state index >= 15 is 0 Å². The van der Waals surface area contributed by atoms with Crippen LogP contribution in [0.3, 0.4) is 0 Å². The summed E-state index contributed by atoms with van der Waals surface area (Å²) in [5.41, 5.74) is 16.0. The molecule has 0 bridgehead atoms. The van der Waals surface area contributed by atoms with E-state index in [9.17, 15) is 0 Å². The number of para-hydroxylation sites is 1. The first kappa shape index (κ1) is 27.5. The second-order valence-corrected chi connectivity index (χ2v) is 14.6. The third kappa shape index (κ3) is 3.69. The van der Waals surface area contributed by atoms with Crippen LogP contribution in [0.25, 0.3) is 55.0 Å². The van der Waals surface area contributed by atoms with Gasteiger partial charge in [0.1, 0.15) is 11.2 Å². The first-order chi connectivity index (χ1) is 23.3. The molecule has 0 aliphatic heterocycles. The van der Waals surface area contributed by atoms with Crippen LogP contribution in [0.1, 0.15) is 49.9 Å². The van der Waals surface area contributed by atoms with E-state index in [2.05, 4.69) is 160 Å². The minimum atomic E-state index is -0.0914. The van der Waals surface area contributed by atoms with Crippen molar-refractivity contribution >= 4 is 49.8 Å². The van der Waals surface area contributed by atoms with Gasteiger partial charge in [-0.2, -0.15) is 0 Å². The van der Waals surface area contributed by atoms with Crippen molar-refractivity contribution in [2.24, 2.45) is 0 Å². The average Bonchev–Trinajstić information content (AvgIpc) is 3.66. The predicted molar refractivity (Wildman–Crippen MR) is 201 cm³/mol.